The van der Waals surface area contributed by atoms with Gasteiger partial charge in [-0.3, -0.25) is 9.89 Å². The Morgan fingerprint density at radius 1 is 1.11 bits per heavy atom. The first-order valence-electron chi connectivity index (χ1n) is 8.74. The van der Waals surface area contributed by atoms with Crippen molar-refractivity contribution in [3.05, 3.63) is 59.5 Å². The molecule has 1 saturated carbocycles. The molecule has 1 aliphatic heterocycles. The Balaban J connectivity index is 1.51. The van der Waals surface area contributed by atoms with Crippen molar-refractivity contribution < 1.29 is 18.7 Å². The van der Waals surface area contributed by atoms with Crippen molar-refractivity contribution in [3.8, 4) is 22.8 Å². The van der Waals surface area contributed by atoms with Gasteiger partial charge in [-0.05, 0) is 55.3 Å². The van der Waals surface area contributed by atoms with Crippen molar-refractivity contribution in [3.63, 3.8) is 0 Å². The third-order valence-corrected chi connectivity index (χ3v) is 4.77. The van der Waals surface area contributed by atoms with Crippen molar-refractivity contribution in [1.82, 2.24) is 10.2 Å². The summed E-state index contributed by atoms with van der Waals surface area (Å²) in [6.07, 6.45) is 2.12. The second-order valence-electron chi connectivity index (χ2n) is 6.66. The third kappa shape index (κ3) is 2.91. The van der Waals surface area contributed by atoms with Crippen LogP contribution in [0.2, 0.25) is 0 Å². The molecule has 3 aromatic rings. The molecule has 1 aromatic heterocycles. The number of nitrogens with one attached hydrogen (secondary N) is 2. The largest absolute Gasteiger partial charge is 0.454 e. The van der Waals surface area contributed by atoms with Crippen LogP contribution in [-0.4, -0.2) is 22.9 Å². The highest BCUT2D eigenvalue weighted by atomic mass is 19.1. The normalized spacial score (nSPS) is 15.0. The number of aromatic nitrogens is 2. The number of amides is 1. The summed E-state index contributed by atoms with van der Waals surface area (Å²) in [6.45, 7) is 0.195. The number of carbonyl (C=O) groups is 1. The first kappa shape index (κ1) is 15.9. The van der Waals surface area contributed by atoms with Crippen molar-refractivity contribution >= 4 is 11.6 Å². The number of rotatable bonds is 4. The highest BCUT2D eigenvalue weighted by Gasteiger charge is 2.31. The van der Waals surface area contributed by atoms with Gasteiger partial charge in [0.05, 0.1) is 11.4 Å². The maximum absolute atomic E-state index is 13.1. The molecular weight excluding hydrogens is 349 g/mol. The minimum absolute atomic E-state index is 0.195. The van der Waals surface area contributed by atoms with E-state index in [1.165, 1.54) is 24.3 Å². The van der Waals surface area contributed by atoms with Crippen LogP contribution in [-0.2, 0) is 0 Å². The Bertz CT molecular complexity index is 1030. The van der Waals surface area contributed by atoms with Gasteiger partial charge in [0.1, 0.15) is 11.5 Å². The summed E-state index contributed by atoms with van der Waals surface area (Å²) < 4.78 is 23.9. The Morgan fingerprint density at radius 2 is 1.89 bits per heavy atom. The number of hydrogen-bond acceptors (Lipinski definition) is 4. The van der Waals surface area contributed by atoms with Crippen LogP contribution < -0.4 is 14.8 Å². The molecule has 0 atom stereocenters. The van der Waals surface area contributed by atoms with Crippen LogP contribution in [0.5, 0.6) is 11.5 Å². The molecule has 136 valence electrons. The lowest BCUT2D eigenvalue weighted by Gasteiger charge is -2.09. The molecule has 2 aromatic carbocycles. The number of halogens is 1. The van der Waals surface area contributed by atoms with E-state index >= 15 is 0 Å². The number of aromatic amines is 1. The van der Waals surface area contributed by atoms with E-state index in [-0.39, 0.29) is 18.5 Å². The minimum atomic E-state index is -0.380. The van der Waals surface area contributed by atoms with Crippen LogP contribution in [0.1, 0.15) is 34.8 Å². The number of H-pyrrole nitrogens is 1. The summed E-state index contributed by atoms with van der Waals surface area (Å²) in [5, 5.41) is 10.5. The van der Waals surface area contributed by atoms with E-state index in [4.69, 9.17) is 9.47 Å². The number of fused-ring (bicyclic) bond motifs is 1. The van der Waals surface area contributed by atoms with E-state index in [0.717, 1.165) is 24.1 Å². The molecule has 0 bridgehead atoms. The van der Waals surface area contributed by atoms with Crippen LogP contribution in [0.4, 0.5) is 10.1 Å². The molecule has 0 saturated heterocycles. The predicted molar refractivity (Wildman–Crippen MR) is 96.5 cm³/mol. The fraction of sp³-hybridized carbons (Fsp3) is 0.200. The van der Waals surface area contributed by atoms with Gasteiger partial charge in [0.25, 0.3) is 5.91 Å². The molecule has 2 N–H and O–H groups in total. The molecule has 2 aliphatic rings. The molecule has 2 heterocycles. The van der Waals surface area contributed by atoms with Crippen LogP contribution in [0.15, 0.2) is 42.5 Å². The second kappa shape index (κ2) is 6.12. The molecule has 0 unspecified atom stereocenters. The first-order valence-corrected chi connectivity index (χ1v) is 8.74. The van der Waals surface area contributed by atoms with Crippen molar-refractivity contribution in [2.75, 3.05) is 12.1 Å². The number of hydrogen-bond donors (Lipinski definition) is 2. The predicted octanol–water partition coefficient (Wildman–Crippen LogP) is 4.07. The van der Waals surface area contributed by atoms with Gasteiger partial charge in [0, 0.05) is 17.0 Å². The van der Waals surface area contributed by atoms with Gasteiger partial charge in [-0.15, -0.1) is 0 Å². The van der Waals surface area contributed by atoms with E-state index in [2.05, 4.69) is 15.5 Å². The quantitative estimate of drug-likeness (QED) is 0.731. The number of anilines is 1. The molecule has 0 spiro atoms. The zero-order valence-corrected chi connectivity index (χ0v) is 14.3. The summed E-state index contributed by atoms with van der Waals surface area (Å²) in [5.41, 5.74) is 3.42. The molecule has 1 aliphatic carbocycles. The average molecular weight is 365 g/mol. The van der Waals surface area contributed by atoms with E-state index < -0.39 is 0 Å². The summed E-state index contributed by atoms with van der Waals surface area (Å²) >= 11 is 0. The zero-order valence-electron chi connectivity index (χ0n) is 14.3. The van der Waals surface area contributed by atoms with Crippen LogP contribution in [0.3, 0.4) is 0 Å². The third-order valence-electron chi connectivity index (χ3n) is 4.77. The van der Waals surface area contributed by atoms with Gasteiger partial charge in [-0.2, -0.15) is 5.10 Å². The van der Waals surface area contributed by atoms with E-state index in [1.54, 1.807) is 0 Å². The molecule has 0 radical (unpaired) electrons. The minimum Gasteiger partial charge on any atom is -0.454 e. The summed E-state index contributed by atoms with van der Waals surface area (Å²) in [6, 6.07) is 11.0. The SMILES string of the molecule is O=C(Nc1c(-c2ccc3c(c2)OCO3)n[nH]c1C1CC1)c1ccc(F)cc1. The molecule has 6 nitrogen and oxygen atoms in total. The topological polar surface area (TPSA) is 76.2 Å². The second-order valence-corrected chi connectivity index (χ2v) is 6.66. The van der Waals surface area contributed by atoms with E-state index in [9.17, 15) is 9.18 Å². The van der Waals surface area contributed by atoms with Crippen LogP contribution in [0, 0.1) is 5.82 Å². The van der Waals surface area contributed by atoms with Crippen molar-refractivity contribution in [2.24, 2.45) is 0 Å². The van der Waals surface area contributed by atoms with Crippen molar-refractivity contribution in [1.29, 1.82) is 0 Å². The lowest BCUT2D eigenvalue weighted by Crippen LogP contribution is -2.13. The van der Waals surface area contributed by atoms with Gasteiger partial charge in [0.2, 0.25) is 6.79 Å². The molecule has 1 amide bonds. The lowest BCUT2D eigenvalue weighted by atomic mass is 10.1. The molecule has 27 heavy (non-hydrogen) atoms. The Hall–Kier alpha value is -3.35. The van der Waals surface area contributed by atoms with Crippen LogP contribution in [0.25, 0.3) is 11.3 Å². The van der Waals surface area contributed by atoms with Gasteiger partial charge >= 0.3 is 0 Å². The fourth-order valence-corrected chi connectivity index (χ4v) is 3.19. The maximum atomic E-state index is 13.1. The first-order chi connectivity index (χ1) is 13.2. The maximum Gasteiger partial charge on any atom is 0.255 e. The Labute approximate surface area is 154 Å². The van der Waals surface area contributed by atoms with Gasteiger partial charge < -0.3 is 14.8 Å². The van der Waals surface area contributed by atoms with Gasteiger partial charge in [-0.25, -0.2) is 4.39 Å². The summed E-state index contributed by atoms with van der Waals surface area (Å²) in [4.78, 5) is 12.7. The van der Waals surface area contributed by atoms with Gasteiger partial charge in [-0.1, -0.05) is 0 Å². The highest BCUT2D eigenvalue weighted by molar-refractivity contribution is 6.06. The molecule has 5 rings (SSSR count). The lowest BCUT2D eigenvalue weighted by molar-refractivity contribution is 0.102. The monoisotopic (exact) mass is 365 g/mol. The molecule has 1 fully saturated rings. The number of benzene rings is 2. The van der Waals surface area contributed by atoms with Crippen molar-refractivity contribution in [2.45, 2.75) is 18.8 Å². The van der Waals surface area contributed by atoms with Gasteiger partial charge in [0.15, 0.2) is 11.5 Å². The fourth-order valence-electron chi connectivity index (χ4n) is 3.19. The molecular formula is C20H16FN3O3. The Morgan fingerprint density at radius 3 is 2.67 bits per heavy atom. The van der Waals surface area contributed by atoms with E-state index in [0.29, 0.717) is 34.4 Å². The van der Waals surface area contributed by atoms with E-state index in [1.807, 2.05) is 18.2 Å². The zero-order chi connectivity index (χ0) is 18.4. The average Bonchev–Trinajstić information content (AvgIpc) is 3.26. The molecule has 7 heteroatoms. The summed E-state index contributed by atoms with van der Waals surface area (Å²) in [7, 11) is 0. The Kier molecular flexibility index (Phi) is 3.60. The highest BCUT2D eigenvalue weighted by Crippen LogP contribution is 2.46. The number of carbonyl (C=O) groups excluding carboxylic acids is 1. The smallest absolute Gasteiger partial charge is 0.255 e. The number of nitrogens with zero attached hydrogens (tertiary/aromatic N) is 1. The van der Waals surface area contributed by atoms with Crippen LogP contribution >= 0.6 is 0 Å². The summed E-state index contributed by atoms with van der Waals surface area (Å²) in [5.74, 6) is 1.02. The standard InChI is InChI=1S/C20H16FN3O3/c21-14-6-3-12(4-7-14)20(25)22-19-17(11-1-2-11)23-24-18(19)13-5-8-15-16(9-13)27-10-26-15/h3-9,11H,1-2,10H2,(H,22,25)(H,23,24). The number of ether oxygens (including phenoxy) is 2.